The van der Waals surface area contributed by atoms with Crippen molar-refractivity contribution < 1.29 is 19.3 Å². The molecule has 0 bridgehead atoms. The second-order valence-electron chi connectivity index (χ2n) is 7.04. The molecule has 1 aromatic heterocycles. The normalized spacial score (nSPS) is 15.1. The summed E-state index contributed by atoms with van der Waals surface area (Å²) in [5.74, 6) is 2.14. The molecule has 6 nitrogen and oxygen atoms in total. The van der Waals surface area contributed by atoms with E-state index in [0.717, 1.165) is 34.0 Å². The number of hydrogen-bond acceptors (Lipinski definition) is 5. The maximum Gasteiger partial charge on any atom is 0.163 e. The van der Waals surface area contributed by atoms with Gasteiger partial charge in [0.25, 0.3) is 0 Å². The van der Waals surface area contributed by atoms with Gasteiger partial charge in [-0.25, -0.2) is 0 Å². The molecule has 0 saturated heterocycles. The van der Waals surface area contributed by atoms with Crippen LogP contribution in [0.2, 0.25) is 0 Å². The number of fused-ring (bicyclic) bond motifs is 3. The first-order valence-electron chi connectivity index (χ1n) is 10.5. The Morgan fingerprint density at radius 3 is 2.37 bits per heavy atom. The molecule has 3 aromatic rings. The summed E-state index contributed by atoms with van der Waals surface area (Å²) in [7, 11) is 0. The fraction of sp³-hybridized carbons (Fsp3) is 0.333. The smallest absolute Gasteiger partial charge is 0.163 e. The molecule has 2 aromatic carbocycles. The van der Waals surface area contributed by atoms with E-state index in [-0.39, 0.29) is 11.8 Å². The van der Waals surface area contributed by atoms with Gasteiger partial charge in [-0.2, -0.15) is 0 Å². The van der Waals surface area contributed by atoms with Gasteiger partial charge in [-0.1, -0.05) is 12.1 Å². The van der Waals surface area contributed by atoms with E-state index >= 15 is 0 Å². The molecule has 4 rings (SSSR count). The Bertz CT molecular complexity index is 1030. The van der Waals surface area contributed by atoms with Crippen molar-refractivity contribution in [2.45, 2.75) is 33.4 Å². The number of hydrogen-bond donors (Lipinski definition) is 2. The molecule has 0 radical (unpaired) electrons. The van der Waals surface area contributed by atoms with E-state index in [1.54, 1.807) is 6.07 Å². The third-order valence-corrected chi connectivity index (χ3v) is 5.22. The maximum absolute atomic E-state index is 10.9. The van der Waals surface area contributed by atoms with Crippen molar-refractivity contribution >= 4 is 0 Å². The number of aromatic hydroxyl groups is 1. The Morgan fingerprint density at radius 2 is 1.63 bits per heavy atom. The van der Waals surface area contributed by atoms with Crippen LogP contribution in [0, 0.1) is 0 Å². The lowest BCUT2D eigenvalue weighted by Gasteiger charge is -2.20. The van der Waals surface area contributed by atoms with Crippen LogP contribution in [0.4, 0.5) is 0 Å². The first kappa shape index (κ1) is 20.2. The van der Waals surface area contributed by atoms with E-state index in [2.05, 4.69) is 16.0 Å². The van der Waals surface area contributed by atoms with Crippen molar-refractivity contribution in [3.8, 4) is 28.7 Å². The third-order valence-electron chi connectivity index (χ3n) is 5.22. The van der Waals surface area contributed by atoms with Gasteiger partial charge in [0.2, 0.25) is 0 Å². The van der Waals surface area contributed by atoms with Gasteiger partial charge in [0.05, 0.1) is 31.5 Å². The molecule has 2 heterocycles. The Morgan fingerprint density at radius 1 is 0.933 bits per heavy atom. The second-order valence-corrected chi connectivity index (χ2v) is 7.04. The third kappa shape index (κ3) is 3.59. The first-order valence-corrected chi connectivity index (χ1v) is 10.5. The van der Waals surface area contributed by atoms with Gasteiger partial charge in [-0.3, -0.25) is 0 Å². The summed E-state index contributed by atoms with van der Waals surface area (Å²) in [6.07, 6.45) is 2.04. The molecular formula is C24H28N2O4. The van der Waals surface area contributed by atoms with Crippen LogP contribution in [0.5, 0.6) is 23.0 Å². The Kier molecular flexibility index (Phi) is 5.86. The zero-order valence-electron chi connectivity index (χ0n) is 17.6. The average molecular weight is 408 g/mol. The van der Waals surface area contributed by atoms with Crippen LogP contribution in [-0.2, 0) is 6.54 Å². The van der Waals surface area contributed by atoms with Gasteiger partial charge in [0.15, 0.2) is 23.0 Å². The minimum atomic E-state index is -0.195. The molecule has 158 valence electrons. The summed E-state index contributed by atoms with van der Waals surface area (Å²) in [6.45, 7) is 8.09. The average Bonchev–Trinajstić information content (AvgIpc) is 3.17. The van der Waals surface area contributed by atoms with Gasteiger partial charge in [0.1, 0.15) is 0 Å². The first-order chi connectivity index (χ1) is 14.7. The van der Waals surface area contributed by atoms with E-state index < -0.39 is 0 Å². The van der Waals surface area contributed by atoms with E-state index in [1.807, 2.05) is 57.3 Å². The Hall–Kier alpha value is -3.12. The largest absolute Gasteiger partial charge is 0.504 e. The van der Waals surface area contributed by atoms with Gasteiger partial charge in [0, 0.05) is 30.1 Å². The Labute approximate surface area is 177 Å². The number of aromatic nitrogens is 1. The van der Waals surface area contributed by atoms with Crippen molar-refractivity contribution in [1.82, 2.24) is 9.88 Å². The van der Waals surface area contributed by atoms with Crippen LogP contribution in [0.15, 0.2) is 48.7 Å². The lowest BCUT2D eigenvalue weighted by molar-refractivity contribution is 0.287. The van der Waals surface area contributed by atoms with Crippen LogP contribution in [0.25, 0.3) is 5.69 Å². The van der Waals surface area contributed by atoms with Crippen LogP contribution in [0.3, 0.4) is 0 Å². The molecule has 0 saturated carbocycles. The predicted molar refractivity (Wildman–Crippen MR) is 116 cm³/mol. The number of nitrogens with zero attached hydrogens (tertiary/aromatic N) is 1. The van der Waals surface area contributed by atoms with Gasteiger partial charge < -0.3 is 29.2 Å². The maximum atomic E-state index is 10.9. The molecule has 6 heteroatoms. The molecule has 30 heavy (non-hydrogen) atoms. The number of para-hydroxylation sites is 1. The molecule has 0 spiro atoms. The monoisotopic (exact) mass is 408 g/mol. The topological polar surface area (TPSA) is 64.9 Å². The van der Waals surface area contributed by atoms with E-state index in [9.17, 15) is 5.11 Å². The summed E-state index contributed by atoms with van der Waals surface area (Å²) in [4.78, 5) is 0. The molecule has 1 atom stereocenters. The molecule has 0 aliphatic carbocycles. The van der Waals surface area contributed by atoms with Gasteiger partial charge >= 0.3 is 0 Å². The minimum Gasteiger partial charge on any atom is -0.504 e. The summed E-state index contributed by atoms with van der Waals surface area (Å²) in [5.41, 5.74) is 3.95. The molecule has 1 aliphatic heterocycles. The van der Waals surface area contributed by atoms with Crippen molar-refractivity contribution in [3.05, 3.63) is 65.5 Å². The number of benzene rings is 2. The molecule has 0 amide bonds. The van der Waals surface area contributed by atoms with Crippen LogP contribution >= 0.6 is 0 Å². The zero-order valence-corrected chi connectivity index (χ0v) is 17.6. The van der Waals surface area contributed by atoms with E-state index in [4.69, 9.17) is 14.2 Å². The quantitative estimate of drug-likeness (QED) is 0.599. The highest BCUT2D eigenvalue weighted by atomic mass is 16.5. The molecule has 1 aliphatic rings. The SMILES string of the molecule is CCOc1cc2c(cc1OCC)-n1cccc1[C@H](c1cccc(OCC)c1O)NC2. The lowest BCUT2D eigenvalue weighted by Crippen LogP contribution is -2.21. The summed E-state index contributed by atoms with van der Waals surface area (Å²) in [5, 5.41) is 14.5. The van der Waals surface area contributed by atoms with Crippen molar-refractivity contribution in [2.75, 3.05) is 19.8 Å². The Balaban J connectivity index is 1.81. The van der Waals surface area contributed by atoms with Crippen LogP contribution in [-0.4, -0.2) is 29.5 Å². The molecule has 0 fully saturated rings. The van der Waals surface area contributed by atoms with Crippen LogP contribution in [0.1, 0.15) is 43.6 Å². The number of ether oxygens (including phenoxy) is 3. The van der Waals surface area contributed by atoms with Crippen LogP contribution < -0.4 is 19.5 Å². The molecule has 0 unspecified atom stereocenters. The lowest BCUT2D eigenvalue weighted by atomic mass is 10.0. The van der Waals surface area contributed by atoms with Gasteiger partial charge in [-0.05, 0) is 50.6 Å². The highest BCUT2D eigenvalue weighted by Gasteiger charge is 2.27. The second kappa shape index (κ2) is 8.71. The van der Waals surface area contributed by atoms with E-state index in [0.29, 0.717) is 32.1 Å². The zero-order chi connectivity index (χ0) is 21.1. The van der Waals surface area contributed by atoms with E-state index in [1.165, 1.54) is 0 Å². The number of nitrogens with one attached hydrogen (secondary N) is 1. The summed E-state index contributed by atoms with van der Waals surface area (Å²) in [6, 6.07) is 13.6. The highest BCUT2D eigenvalue weighted by Crippen LogP contribution is 2.41. The predicted octanol–water partition coefficient (Wildman–Crippen LogP) is 4.57. The number of rotatable bonds is 7. The van der Waals surface area contributed by atoms with Crippen molar-refractivity contribution in [3.63, 3.8) is 0 Å². The molecular weight excluding hydrogens is 380 g/mol. The number of phenolic OH excluding ortho intramolecular Hbond substituents is 1. The highest BCUT2D eigenvalue weighted by molar-refractivity contribution is 5.57. The minimum absolute atomic E-state index is 0.167. The molecule has 2 N–H and O–H groups in total. The van der Waals surface area contributed by atoms with Crippen molar-refractivity contribution in [2.24, 2.45) is 0 Å². The fourth-order valence-electron chi connectivity index (χ4n) is 3.97. The fourth-order valence-corrected chi connectivity index (χ4v) is 3.97. The van der Waals surface area contributed by atoms with Gasteiger partial charge in [-0.15, -0.1) is 0 Å². The standard InChI is InChI=1S/C24H28N2O4/c1-4-28-20-11-7-9-17(24(20)27)23-18-10-8-12-26(18)19-14-22(30-6-3)21(29-5-2)13-16(19)15-25-23/h7-14,23,25,27H,4-6,15H2,1-3H3/t23-/m0/s1. The van der Waals surface area contributed by atoms with Crippen molar-refractivity contribution in [1.29, 1.82) is 0 Å². The summed E-state index contributed by atoms with van der Waals surface area (Å²) >= 11 is 0. The summed E-state index contributed by atoms with van der Waals surface area (Å²) < 4.78 is 19.4. The number of phenols is 1.